The van der Waals surface area contributed by atoms with Gasteiger partial charge >= 0.3 is 0 Å². The first-order valence-electron chi connectivity index (χ1n) is 13.2. The van der Waals surface area contributed by atoms with Crippen molar-refractivity contribution in [3.8, 4) is 28.3 Å². The standard InChI is InChI=1S/C31H31N7O2/c1-20(30-32-14-15-33-30)38(21(2)31-34-16-17-35-31)29(26-19-36-37-28(26)27-5-4-18-40-27)24-8-6-22(7-9-24)23-10-12-25(39-3)13-11-23/h4-21,29H,1-3H3,(H,32,33)(H,34,35)(H,36,37). The third kappa shape index (κ3) is 4.83. The van der Waals surface area contributed by atoms with E-state index < -0.39 is 0 Å². The van der Waals surface area contributed by atoms with Gasteiger partial charge in [-0.25, -0.2) is 9.97 Å². The van der Waals surface area contributed by atoms with Crippen LogP contribution in [-0.4, -0.2) is 42.1 Å². The van der Waals surface area contributed by atoms with Gasteiger partial charge in [-0.2, -0.15) is 5.10 Å². The average Bonchev–Trinajstić information content (AvgIpc) is 3.83. The Morgan fingerprint density at radius 2 is 1.45 bits per heavy atom. The second-order valence-electron chi connectivity index (χ2n) is 9.68. The van der Waals surface area contributed by atoms with Gasteiger partial charge in [0, 0.05) is 30.4 Å². The lowest BCUT2D eigenvalue weighted by Gasteiger charge is -2.39. The molecule has 0 bridgehead atoms. The van der Waals surface area contributed by atoms with Crippen LogP contribution in [0.5, 0.6) is 5.75 Å². The summed E-state index contributed by atoms with van der Waals surface area (Å²) in [4.78, 5) is 18.3. The topological polar surface area (TPSA) is 112 Å². The zero-order valence-corrected chi connectivity index (χ0v) is 22.6. The highest BCUT2D eigenvalue weighted by Gasteiger charge is 2.36. The van der Waals surface area contributed by atoms with Crippen molar-refractivity contribution in [2.45, 2.75) is 32.0 Å². The van der Waals surface area contributed by atoms with Gasteiger partial charge in [-0.3, -0.25) is 10.00 Å². The van der Waals surface area contributed by atoms with Crippen molar-refractivity contribution < 1.29 is 9.15 Å². The smallest absolute Gasteiger partial charge is 0.151 e. The fraction of sp³-hybridized carbons (Fsp3) is 0.194. The average molecular weight is 534 g/mol. The molecule has 9 nitrogen and oxygen atoms in total. The maximum atomic E-state index is 5.81. The van der Waals surface area contributed by atoms with Crippen molar-refractivity contribution in [2.24, 2.45) is 0 Å². The molecule has 9 heteroatoms. The molecule has 6 aromatic rings. The number of benzene rings is 2. The number of ether oxygens (including phenoxy) is 1. The van der Waals surface area contributed by atoms with Gasteiger partial charge in [-0.15, -0.1) is 0 Å². The molecule has 40 heavy (non-hydrogen) atoms. The molecule has 2 aromatic carbocycles. The van der Waals surface area contributed by atoms with Crippen LogP contribution in [-0.2, 0) is 0 Å². The summed E-state index contributed by atoms with van der Waals surface area (Å²) >= 11 is 0. The first-order chi connectivity index (χ1) is 19.6. The molecular weight excluding hydrogens is 502 g/mol. The number of H-pyrrole nitrogens is 3. The molecule has 6 rings (SSSR count). The molecule has 3 unspecified atom stereocenters. The number of hydrogen-bond acceptors (Lipinski definition) is 6. The van der Waals surface area contributed by atoms with Gasteiger partial charge in [-0.1, -0.05) is 36.4 Å². The molecule has 0 saturated heterocycles. The van der Waals surface area contributed by atoms with Crippen molar-refractivity contribution in [3.05, 3.63) is 121 Å². The molecule has 0 saturated carbocycles. The van der Waals surface area contributed by atoms with Crippen LogP contribution in [0, 0.1) is 0 Å². The van der Waals surface area contributed by atoms with E-state index in [0.717, 1.165) is 51.1 Å². The highest BCUT2D eigenvalue weighted by atomic mass is 16.5. The Hall–Kier alpha value is -4.89. The lowest BCUT2D eigenvalue weighted by molar-refractivity contribution is 0.105. The fourth-order valence-electron chi connectivity index (χ4n) is 5.35. The van der Waals surface area contributed by atoms with Gasteiger partial charge in [0.1, 0.15) is 23.1 Å². The molecule has 0 aliphatic rings. The third-order valence-corrected chi connectivity index (χ3v) is 7.40. The summed E-state index contributed by atoms with van der Waals surface area (Å²) in [7, 11) is 1.68. The number of methoxy groups -OCH3 is 1. The Bertz CT molecular complexity index is 1560. The normalized spacial score (nSPS) is 13.8. The van der Waals surface area contributed by atoms with Crippen LogP contribution < -0.4 is 4.74 Å². The van der Waals surface area contributed by atoms with Gasteiger partial charge in [0.2, 0.25) is 0 Å². The number of aromatic amines is 3. The number of furan rings is 1. The minimum Gasteiger partial charge on any atom is -0.497 e. The maximum absolute atomic E-state index is 5.81. The van der Waals surface area contributed by atoms with E-state index >= 15 is 0 Å². The zero-order chi connectivity index (χ0) is 27.5. The van der Waals surface area contributed by atoms with Crippen LogP contribution in [0.4, 0.5) is 0 Å². The molecular formula is C31H31N7O2. The molecule has 0 fully saturated rings. The van der Waals surface area contributed by atoms with Crippen molar-refractivity contribution >= 4 is 0 Å². The molecule has 0 aliphatic carbocycles. The van der Waals surface area contributed by atoms with E-state index in [4.69, 9.17) is 9.15 Å². The minimum atomic E-state index is -0.219. The Balaban J connectivity index is 1.49. The quantitative estimate of drug-likeness (QED) is 0.181. The summed E-state index contributed by atoms with van der Waals surface area (Å²) in [6, 6.07) is 20.2. The van der Waals surface area contributed by atoms with E-state index in [1.165, 1.54) is 0 Å². The Morgan fingerprint density at radius 1 is 0.825 bits per heavy atom. The highest BCUT2D eigenvalue weighted by Crippen LogP contribution is 2.43. The lowest BCUT2D eigenvalue weighted by Crippen LogP contribution is -2.36. The Labute approximate surface area is 232 Å². The van der Waals surface area contributed by atoms with Gasteiger partial charge in [-0.05, 0) is 54.8 Å². The number of nitrogens with zero attached hydrogens (tertiary/aromatic N) is 4. The predicted octanol–water partition coefficient (Wildman–Crippen LogP) is 6.71. The van der Waals surface area contributed by atoms with Crippen LogP contribution >= 0.6 is 0 Å². The van der Waals surface area contributed by atoms with Crippen molar-refractivity contribution in [3.63, 3.8) is 0 Å². The van der Waals surface area contributed by atoms with Crippen LogP contribution in [0.25, 0.3) is 22.6 Å². The molecule has 4 aromatic heterocycles. The molecule has 0 amide bonds. The van der Waals surface area contributed by atoms with E-state index in [9.17, 15) is 0 Å². The number of rotatable bonds is 10. The van der Waals surface area contributed by atoms with E-state index in [-0.39, 0.29) is 18.1 Å². The van der Waals surface area contributed by atoms with Crippen LogP contribution in [0.15, 0.2) is 102 Å². The molecule has 4 heterocycles. The second kappa shape index (κ2) is 11.1. The first-order valence-corrected chi connectivity index (χ1v) is 13.2. The van der Waals surface area contributed by atoms with Crippen molar-refractivity contribution in [2.75, 3.05) is 7.11 Å². The van der Waals surface area contributed by atoms with Gasteiger partial charge in [0.05, 0.1) is 37.7 Å². The SMILES string of the molecule is COc1ccc(-c2ccc(C(c3cn[nH]c3-c3ccco3)N(C(C)c3ncc[nH]3)C(C)c3ncc[nH]3)cc2)cc1. The highest BCUT2D eigenvalue weighted by molar-refractivity contribution is 5.65. The van der Waals surface area contributed by atoms with Gasteiger partial charge in [0.25, 0.3) is 0 Å². The summed E-state index contributed by atoms with van der Waals surface area (Å²) in [5, 5.41) is 7.64. The summed E-state index contributed by atoms with van der Waals surface area (Å²) in [6.45, 7) is 4.31. The fourth-order valence-corrected chi connectivity index (χ4v) is 5.35. The number of hydrogen-bond donors (Lipinski definition) is 3. The number of nitrogens with one attached hydrogen (secondary N) is 3. The minimum absolute atomic E-state index is 0.0966. The first kappa shape index (κ1) is 25.4. The van der Waals surface area contributed by atoms with E-state index in [1.807, 2.05) is 42.9 Å². The van der Waals surface area contributed by atoms with E-state index in [1.54, 1.807) is 25.8 Å². The monoisotopic (exact) mass is 533 g/mol. The maximum Gasteiger partial charge on any atom is 0.151 e. The molecule has 3 atom stereocenters. The number of aromatic nitrogens is 6. The Morgan fingerprint density at radius 3 is 1.98 bits per heavy atom. The van der Waals surface area contributed by atoms with Crippen LogP contribution in [0.2, 0.25) is 0 Å². The van der Waals surface area contributed by atoms with Gasteiger partial charge < -0.3 is 19.1 Å². The second-order valence-corrected chi connectivity index (χ2v) is 9.68. The lowest BCUT2D eigenvalue weighted by atomic mass is 9.92. The third-order valence-electron chi connectivity index (χ3n) is 7.40. The van der Waals surface area contributed by atoms with E-state index in [2.05, 4.69) is 85.3 Å². The molecule has 0 radical (unpaired) electrons. The van der Waals surface area contributed by atoms with E-state index in [0.29, 0.717) is 0 Å². The van der Waals surface area contributed by atoms with Gasteiger partial charge in [0.15, 0.2) is 5.76 Å². The molecule has 0 aliphatic heterocycles. The van der Waals surface area contributed by atoms with Crippen molar-refractivity contribution in [1.82, 2.24) is 35.0 Å². The largest absolute Gasteiger partial charge is 0.497 e. The van der Waals surface area contributed by atoms with Crippen LogP contribution in [0.3, 0.4) is 0 Å². The Kier molecular flexibility index (Phi) is 7.03. The van der Waals surface area contributed by atoms with Crippen LogP contribution in [0.1, 0.15) is 54.7 Å². The summed E-state index contributed by atoms with van der Waals surface area (Å²) in [5.41, 5.74) is 5.16. The summed E-state index contributed by atoms with van der Waals surface area (Å²) in [5.74, 6) is 3.28. The molecule has 0 spiro atoms. The molecule has 202 valence electrons. The summed E-state index contributed by atoms with van der Waals surface area (Å²) in [6.07, 6.45) is 10.8. The number of imidazole rings is 2. The molecule has 3 N–H and O–H groups in total. The summed E-state index contributed by atoms with van der Waals surface area (Å²) < 4.78 is 11.1. The van der Waals surface area contributed by atoms with Crippen molar-refractivity contribution in [1.29, 1.82) is 0 Å². The predicted molar refractivity (Wildman–Crippen MR) is 152 cm³/mol. The zero-order valence-electron chi connectivity index (χ0n) is 22.6.